The van der Waals surface area contributed by atoms with Crippen LogP contribution in [0.4, 0.5) is 0 Å². The van der Waals surface area contributed by atoms with Gasteiger partial charge in [-0.05, 0) is 41.6 Å². The highest BCUT2D eigenvalue weighted by Gasteiger charge is 2.17. The number of hydrogen-bond donors (Lipinski definition) is 1. The molecule has 1 aromatic heterocycles. The number of benzene rings is 1. The second kappa shape index (κ2) is 5.08. The molecule has 0 aliphatic carbocycles. The normalized spacial score (nSPS) is 12.5. The minimum Gasteiger partial charge on any atom is -0.497 e. The molecule has 0 radical (unpaired) electrons. The third-order valence-corrected chi connectivity index (χ3v) is 4.08. The summed E-state index contributed by atoms with van der Waals surface area (Å²) in [6, 6.07) is 7.41. The van der Waals surface area contributed by atoms with E-state index in [0.717, 1.165) is 21.8 Å². The van der Waals surface area contributed by atoms with Crippen LogP contribution in [-0.2, 0) is 0 Å². The molecule has 0 fully saturated rings. The highest BCUT2D eigenvalue weighted by atomic mass is 35.5. The van der Waals surface area contributed by atoms with E-state index < -0.39 is 6.10 Å². The zero-order valence-electron chi connectivity index (χ0n) is 9.61. The maximum absolute atomic E-state index is 10.3. The molecule has 17 heavy (non-hydrogen) atoms. The topological polar surface area (TPSA) is 29.5 Å². The molecule has 1 atom stereocenters. The average molecular weight is 269 g/mol. The van der Waals surface area contributed by atoms with Crippen LogP contribution in [0.15, 0.2) is 29.6 Å². The summed E-state index contributed by atoms with van der Waals surface area (Å²) >= 11 is 7.48. The molecule has 0 spiro atoms. The van der Waals surface area contributed by atoms with Crippen molar-refractivity contribution in [2.75, 3.05) is 7.11 Å². The molecule has 0 aliphatic rings. The Morgan fingerprint density at radius 2 is 2.12 bits per heavy atom. The molecule has 1 unspecified atom stereocenters. The first-order valence-electron chi connectivity index (χ1n) is 5.19. The van der Waals surface area contributed by atoms with Crippen molar-refractivity contribution < 1.29 is 9.84 Å². The fourth-order valence-electron chi connectivity index (χ4n) is 1.72. The lowest BCUT2D eigenvalue weighted by Crippen LogP contribution is -2.00. The molecule has 1 N–H and O–H groups in total. The lowest BCUT2D eigenvalue weighted by molar-refractivity contribution is 0.223. The van der Waals surface area contributed by atoms with Gasteiger partial charge in [-0.3, -0.25) is 0 Å². The minimum atomic E-state index is -0.673. The molecule has 0 bridgehead atoms. The van der Waals surface area contributed by atoms with Gasteiger partial charge in [-0.15, -0.1) is 11.3 Å². The van der Waals surface area contributed by atoms with Crippen LogP contribution < -0.4 is 4.74 Å². The second-order valence-corrected chi connectivity index (χ2v) is 5.11. The summed E-state index contributed by atoms with van der Waals surface area (Å²) in [7, 11) is 1.63. The maximum Gasteiger partial charge on any atom is 0.119 e. The van der Waals surface area contributed by atoms with E-state index in [2.05, 4.69) is 0 Å². The van der Waals surface area contributed by atoms with Crippen molar-refractivity contribution in [3.05, 3.63) is 50.7 Å². The molecular formula is C13H13ClO2S. The number of rotatable bonds is 3. The zero-order chi connectivity index (χ0) is 12.4. The van der Waals surface area contributed by atoms with Crippen molar-refractivity contribution in [3.8, 4) is 5.75 Å². The maximum atomic E-state index is 10.3. The Bertz CT molecular complexity index is 522. The van der Waals surface area contributed by atoms with Crippen LogP contribution in [0.1, 0.15) is 22.1 Å². The van der Waals surface area contributed by atoms with Crippen molar-refractivity contribution in [1.29, 1.82) is 0 Å². The molecule has 0 saturated carbocycles. The lowest BCUT2D eigenvalue weighted by atomic mass is 10.0. The number of halogens is 1. The fourth-order valence-corrected chi connectivity index (χ4v) is 2.89. The van der Waals surface area contributed by atoms with Crippen molar-refractivity contribution in [1.82, 2.24) is 0 Å². The Hall–Kier alpha value is -1.03. The predicted octanol–water partition coefficient (Wildman–Crippen LogP) is 3.80. The molecule has 0 aliphatic heterocycles. The number of aliphatic hydroxyl groups is 1. The standard InChI is InChI=1S/C13H13ClO2S/c1-8-7-9(16-2)3-4-10(8)12(15)13-11(14)5-6-17-13/h3-7,12,15H,1-2H3. The van der Waals surface area contributed by atoms with Gasteiger partial charge >= 0.3 is 0 Å². The van der Waals surface area contributed by atoms with E-state index >= 15 is 0 Å². The van der Waals surface area contributed by atoms with Gasteiger partial charge in [0.05, 0.1) is 17.0 Å². The first kappa shape index (κ1) is 12.4. The van der Waals surface area contributed by atoms with Crippen LogP contribution in [0, 0.1) is 6.92 Å². The molecule has 0 amide bonds. The first-order valence-corrected chi connectivity index (χ1v) is 6.44. The third kappa shape index (κ3) is 2.46. The highest BCUT2D eigenvalue weighted by Crippen LogP contribution is 2.34. The number of ether oxygens (including phenoxy) is 1. The molecule has 2 aromatic rings. The van der Waals surface area contributed by atoms with E-state index in [-0.39, 0.29) is 0 Å². The van der Waals surface area contributed by atoms with E-state index in [1.54, 1.807) is 13.2 Å². The third-order valence-electron chi connectivity index (χ3n) is 2.66. The van der Waals surface area contributed by atoms with E-state index in [0.29, 0.717) is 5.02 Å². The van der Waals surface area contributed by atoms with Gasteiger partial charge in [0.1, 0.15) is 11.9 Å². The summed E-state index contributed by atoms with van der Waals surface area (Å²) in [6.45, 7) is 1.95. The Morgan fingerprint density at radius 1 is 1.35 bits per heavy atom. The fraction of sp³-hybridized carbons (Fsp3) is 0.231. The molecule has 1 aromatic carbocycles. The van der Waals surface area contributed by atoms with Gasteiger partial charge in [0.15, 0.2) is 0 Å². The van der Waals surface area contributed by atoms with Crippen molar-refractivity contribution in [3.63, 3.8) is 0 Å². The van der Waals surface area contributed by atoms with Gasteiger partial charge < -0.3 is 9.84 Å². The van der Waals surface area contributed by atoms with Crippen LogP contribution in [0.3, 0.4) is 0 Å². The van der Waals surface area contributed by atoms with E-state index in [9.17, 15) is 5.11 Å². The Morgan fingerprint density at radius 3 is 2.65 bits per heavy atom. The van der Waals surface area contributed by atoms with Gasteiger partial charge in [0.2, 0.25) is 0 Å². The summed E-state index contributed by atoms with van der Waals surface area (Å²) < 4.78 is 5.14. The number of aliphatic hydroxyl groups excluding tert-OH is 1. The van der Waals surface area contributed by atoms with E-state index in [1.807, 2.05) is 30.5 Å². The zero-order valence-corrected chi connectivity index (χ0v) is 11.2. The average Bonchev–Trinajstić information content (AvgIpc) is 2.74. The summed E-state index contributed by atoms with van der Waals surface area (Å²) in [5.74, 6) is 0.788. The number of thiophene rings is 1. The number of aryl methyl sites for hydroxylation is 1. The summed E-state index contributed by atoms with van der Waals surface area (Å²) in [5.41, 5.74) is 1.84. The van der Waals surface area contributed by atoms with Gasteiger partial charge in [-0.1, -0.05) is 17.7 Å². The van der Waals surface area contributed by atoms with Crippen molar-refractivity contribution in [2.24, 2.45) is 0 Å². The number of hydrogen-bond acceptors (Lipinski definition) is 3. The van der Waals surface area contributed by atoms with Gasteiger partial charge in [-0.25, -0.2) is 0 Å². The molecular weight excluding hydrogens is 256 g/mol. The Labute approximate surface area is 109 Å². The van der Waals surface area contributed by atoms with Crippen LogP contribution in [0.5, 0.6) is 5.75 Å². The smallest absolute Gasteiger partial charge is 0.119 e. The summed E-state index contributed by atoms with van der Waals surface area (Å²) in [5, 5.41) is 12.8. The summed E-state index contributed by atoms with van der Waals surface area (Å²) in [4.78, 5) is 0.778. The lowest BCUT2D eigenvalue weighted by Gasteiger charge is -2.13. The SMILES string of the molecule is COc1ccc(C(O)c2sccc2Cl)c(C)c1. The van der Waals surface area contributed by atoms with Crippen molar-refractivity contribution >= 4 is 22.9 Å². The highest BCUT2D eigenvalue weighted by molar-refractivity contribution is 7.10. The molecule has 4 heteroatoms. The predicted molar refractivity (Wildman–Crippen MR) is 71.1 cm³/mol. The van der Waals surface area contributed by atoms with E-state index in [1.165, 1.54) is 11.3 Å². The van der Waals surface area contributed by atoms with Crippen LogP contribution in [0.2, 0.25) is 5.02 Å². The molecule has 1 heterocycles. The van der Waals surface area contributed by atoms with Gasteiger partial charge in [0, 0.05) is 0 Å². The van der Waals surface area contributed by atoms with Crippen LogP contribution >= 0.6 is 22.9 Å². The van der Waals surface area contributed by atoms with E-state index in [4.69, 9.17) is 16.3 Å². The molecule has 90 valence electrons. The van der Waals surface area contributed by atoms with Crippen LogP contribution in [0.25, 0.3) is 0 Å². The number of methoxy groups -OCH3 is 1. The quantitative estimate of drug-likeness (QED) is 0.917. The largest absolute Gasteiger partial charge is 0.497 e. The van der Waals surface area contributed by atoms with Gasteiger partial charge in [-0.2, -0.15) is 0 Å². The molecule has 2 nitrogen and oxygen atoms in total. The van der Waals surface area contributed by atoms with Crippen LogP contribution in [-0.4, -0.2) is 12.2 Å². The minimum absolute atomic E-state index is 0.609. The Kier molecular flexibility index (Phi) is 3.72. The molecule has 0 saturated heterocycles. The van der Waals surface area contributed by atoms with Crippen molar-refractivity contribution in [2.45, 2.75) is 13.0 Å². The first-order chi connectivity index (χ1) is 8.13. The monoisotopic (exact) mass is 268 g/mol. The summed E-state index contributed by atoms with van der Waals surface area (Å²) in [6.07, 6.45) is -0.673. The van der Waals surface area contributed by atoms with Gasteiger partial charge in [0.25, 0.3) is 0 Å². The second-order valence-electron chi connectivity index (χ2n) is 3.76. The molecule has 2 rings (SSSR count). The Balaban J connectivity index is 2.38.